The molecule has 1 saturated carbocycles. The summed E-state index contributed by atoms with van der Waals surface area (Å²) in [5.74, 6) is 1.92. The van der Waals surface area contributed by atoms with E-state index in [-0.39, 0.29) is 27.6 Å². The van der Waals surface area contributed by atoms with Gasteiger partial charge in [-0.2, -0.15) is 0 Å². The summed E-state index contributed by atoms with van der Waals surface area (Å²) in [6, 6.07) is 4.53. The number of fused-ring (bicyclic) bond motifs is 1. The largest absolute Gasteiger partial charge is 0.504 e. The predicted molar refractivity (Wildman–Crippen MR) is 109 cm³/mol. The number of quaternary nitrogens is 1. The number of carbonyl (C=O) groups is 1. The number of hydrogen-bond donors (Lipinski definition) is 2. The summed E-state index contributed by atoms with van der Waals surface area (Å²) in [4.78, 5) is 14.8. The second kappa shape index (κ2) is 5.57. The zero-order valence-electron chi connectivity index (χ0n) is 16.5. The minimum Gasteiger partial charge on any atom is -0.504 e. The lowest BCUT2D eigenvalue weighted by Gasteiger charge is -2.61. The molecule has 148 valence electrons. The van der Waals surface area contributed by atoms with Crippen molar-refractivity contribution in [3.63, 3.8) is 0 Å². The van der Waals surface area contributed by atoms with Gasteiger partial charge in [-0.15, -0.1) is 11.8 Å². The molecule has 6 rings (SSSR count). The number of phenols is 1. The number of ketones is 1. The van der Waals surface area contributed by atoms with Crippen molar-refractivity contribution in [1.82, 2.24) is 0 Å². The SMILES string of the molecule is COc1ccc2c(c1O)C13CC[NH+](CC4CC4)C(C2)C12C=CC(=O)C3SC2C. The monoisotopic (exact) mass is 398 g/mol. The maximum atomic E-state index is 13.1. The van der Waals surface area contributed by atoms with E-state index in [0.29, 0.717) is 17.0 Å². The third-order valence-corrected chi connectivity index (χ3v) is 10.2. The molecule has 1 aromatic rings. The van der Waals surface area contributed by atoms with Gasteiger partial charge in [0.2, 0.25) is 0 Å². The van der Waals surface area contributed by atoms with Gasteiger partial charge in [0.1, 0.15) is 6.04 Å². The van der Waals surface area contributed by atoms with E-state index < -0.39 is 0 Å². The number of carbonyl (C=O) groups excluding carboxylic acids is 1. The van der Waals surface area contributed by atoms with Crippen LogP contribution < -0.4 is 9.64 Å². The van der Waals surface area contributed by atoms with Gasteiger partial charge in [-0.1, -0.05) is 19.1 Å². The van der Waals surface area contributed by atoms with E-state index in [0.717, 1.165) is 30.9 Å². The Labute approximate surface area is 170 Å². The van der Waals surface area contributed by atoms with Crippen molar-refractivity contribution in [3.05, 3.63) is 35.4 Å². The Bertz CT molecular complexity index is 909. The van der Waals surface area contributed by atoms with Gasteiger partial charge in [0, 0.05) is 35.0 Å². The van der Waals surface area contributed by atoms with E-state index in [9.17, 15) is 9.90 Å². The van der Waals surface area contributed by atoms with Gasteiger partial charge in [-0.05, 0) is 30.5 Å². The molecule has 2 N–H and O–H groups in total. The van der Waals surface area contributed by atoms with Crippen LogP contribution in [0.2, 0.25) is 0 Å². The number of likely N-dealkylation sites (tertiary alicyclic amines) is 1. The second-order valence-corrected chi connectivity index (χ2v) is 11.0. The third kappa shape index (κ3) is 1.86. The molecule has 28 heavy (non-hydrogen) atoms. The number of aromatic hydroxyl groups is 1. The van der Waals surface area contributed by atoms with Gasteiger partial charge < -0.3 is 14.7 Å². The number of benzene rings is 1. The van der Waals surface area contributed by atoms with Gasteiger partial charge in [0.15, 0.2) is 17.3 Å². The highest BCUT2D eigenvalue weighted by molar-refractivity contribution is 8.01. The number of rotatable bonds is 3. The van der Waals surface area contributed by atoms with Gasteiger partial charge in [-0.25, -0.2) is 0 Å². The first-order valence-corrected chi connectivity index (χ1v) is 11.6. The first-order valence-electron chi connectivity index (χ1n) is 10.7. The zero-order valence-corrected chi connectivity index (χ0v) is 17.3. The van der Waals surface area contributed by atoms with Crippen LogP contribution in [0.15, 0.2) is 24.3 Å². The third-order valence-electron chi connectivity index (χ3n) is 8.49. The molecule has 4 nitrogen and oxygen atoms in total. The molecule has 3 aliphatic carbocycles. The fraction of sp³-hybridized carbons (Fsp3) is 0.609. The lowest BCUT2D eigenvalue weighted by molar-refractivity contribution is -0.942. The highest BCUT2D eigenvalue weighted by Gasteiger charge is 2.76. The Balaban J connectivity index is 1.63. The maximum Gasteiger partial charge on any atom is 0.169 e. The smallest absolute Gasteiger partial charge is 0.169 e. The van der Waals surface area contributed by atoms with E-state index in [2.05, 4.69) is 19.1 Å². The molecule has 5 heteroatoms. The molecule has 2 heterocycles. The van der Waals surface area contributed by atoms with Crippen LogP contribution in [0, 0.1) is 11.3 Å². The van der Waals surface area contributed by atoms with Gasteiger partial charge >= 0.3 is 0 Å². The summed E-state index contributed by atoms with van der Waals surface area (Å²) in [7, 11) is 1.61. The van der Waals surface area contributed by atoms with Crippen LogP contribution in [0.5, 0.6) is 11.5 Å². The molecule has 3 fully saturated rings. The van der Waals surface area contributed by atoms with Crippen LogP contribution >= 0.6 is 11.8 Å². The van der Waals surface area contributed by atoms with E-state index >= 15 is 0 Å². The van der Waals surface area contributed by atoms with Crippen molar-refractivity contribution in [1.29, 1.82) is 0 Å². The lowest BCUT2D eigenvalue weighted by Crippen LogP contribution is -3.20. The molecule has 1 aromatic carbocycles. The number of nitrogens with one attached hydrogen (secondary N) is 1. The molecule has 4 bridgehead atoms. The van der Waals surface area contributed by atoms with Crippen LogP contribution in [-0.2, 0) is 16.6 Å². The number of ether oxygens (including phenoxy) is 1. The van der Waals surface area contributed by atoms with E-state index in [1.807, 2.05) is 23.9 Å². The highest BCUT2D eigenvalue weighted by Crippen LogP contribution is 2.70. The van der Waals surface area contributed by atoms with Crippen molar-refractivity contribution in [2.24, 2.45) is 11.3 Å². The Morgan fingerprint density at radius 1 is 1.36 bits per heavy atom. The lowest BCUT2D eigenvalue weighted by atomic mass is 9.44. The molecule has 0 aromatic heterocycles. The first kappa shape index (κ1) is 17.4. The molecule has 6 unspecified atom stereocenters. The molecule has 2 aliphatic heterocycles. The van der Waals surface area contributed by atoms with Crippen LogP contribution in [0.25, 0.3) is 0 Å². The molecular weight excluding hydrogens is 370 g/mol. The molecule has 5 aliphatic rings. The Morgan fingerprint density at radius 3 is 2.93 bits per heavy atom. The Morgan fingerprint density at radius 2 is 2.18 bits per heavy atom. The average Bonchev–Trinajstić information content (AvgIpc) is 3.47. The van der Waals surface area contributed by atoms with Crippen molar-refractivity contribution < 1.29 is 19.5 Å². The molecule has 2 saturated heterocycles. The number of thioether (sulfide) groups is 1. The van der Waals surface area contributed by atoms with E-state index in [4.69, 9.17) is 4.74 Å². The number of phenolic OH excluding ortho intramolecular Hbond substituents is 1. The summed E-state index contributed by atoms with van der Waals surface area (Å²) in [5, 5.41) is 11.5. The minimum absolute atomic E-state index is 0.0600. The number of allylic oxidation sites excluding steroid dienone is 1. The zero-order chi connectivity index (χ0) is 19.3. The number of methoxy groups -OCH3 is 1. The highest BCUT2D eigenvalue weighted by atomic mass is 32.2. The average molecular weight is 399 g/mol. The standard InChI is InChI=1S/C23H27NO3S/c1-13-22-8-7-16(25)21(28-13)23(22)9-10-24(12-14-3-4-14)18(22)11-15-5-6-17(27-2)20(26)19(15)23/h5-8,13-14,18,21,26H,3-4,9-12H2,1-2H3/p+1. The second-order valence-electron chi connectivity index (χ2n) is 9.51. The fourth-order valence-electron chi connectivity index (χ4n) is 7.24. The topological polar surface area (TPSA) is 51.0 Å². The molecule has 0 amide bonds. The molecular formula is C23H28NO3S+. The minimum atomic E-state index is -0.299. The summed E-state index contributed by atoms with van der Waals surface area (Å²) in [5.41, 5.74) is 1.89. The van der Waals surface area contributed by atoms with Crippen molar-refractivity contribution >= 4 is 17.5 Å². The summed E-state index contributed by atoms with van der Waals surface area (Å²) >= 11 is 1.85. The predicted octanol–water partition coefficient (Wildman–Crippen LogP) is 1.89. The first-order chi connectivity index (χ1) is 13.5. The van der Waals surface area contributed by atoms with Gasteiger partial charge in [0.05, 0.1) is 30.9 Å². The van der Waals surface area contributed by atoms with Crippen molar-refractivity contribution in [2.45, 2.75) is 54.6 Å². The van der Waals surface area contributed by atoms with Crippen molar-refractivity contribution in [2.75, 3.05) is 20.2 Å². The molecule has 0 spiro atoms. The van der Waals surface area contributed by atoms with Crippen molar-refractivity contribution in [3.8, 4) is 11.5 Å². The fourth-order valence-corrected chi connectivity index (χ4v) is 9.21. The summed E-state index contributed by atoms with van der Waals surface area (Å²) in [6.45, 7) is 4.69. The van der Waals surface area contributed by atoms with E-state index in [1.54, 1.807) is 12.0 Å². The normalized spacial score (nSPS) is 42.9. The Kier molecular flexibility index (Phi) is 3.46. The quantitative estimate of drug-likeness (QED) is 0.817. The molecule has 6 atom stereocenters. The van der Waals surface area contributed by atoms with Crippen LogP contribution in [0.4, 0.5) is 0 Å². The maximum absolute atomic E-state index is 13.1. The number of piperidine rings is 1. The Hall–Kier alpha value is -1.46. The summed E-state index contributed by atoms with van der Waals surface area (Å²) < 4.78 is 5.48. The van der Waals surface area contributed by atoms with Crippen LogP contribution in [0.1, 0.15) is 37.3 Å². The number of hydrogen-bond acceptors (Lipinski definition) is 4. The summed E-state index contributed by atoms with van der Waals surface area (Å²) in [6.07, 6.45) is 8.85. The van der Waals surface area contributed by atoms with Gasteiger partial charge in [-0.3, -0.25) is 4.79 Å². The van der Waals surface area contributed by atoms with Crippen LogP contribution in [0.3, 0.4) is 0 Å². The van der Waals surface area contributed by atoms with Gasteiger partial charge in [0.25, 0.3) is 0 Å². The van der Waals surface area contributed by atoms with E-state index in [1.165, 1.54) is 24.9 Å². The molecule has 0 radical (unpaired) electrons. The van der Waals surface area contributed by atoms with Crippen LogP contribution in [-0.4, -0.2) is 47.6 Å².